The first-order valence-corrected chi connectivity index (χ1v) is 7.16. The average Bonchev–Trinajstić information content (AvgIpc) is 2.30. The molecule has 0 fully saturated rings. The standard InChI is InChI=1S/C14H31NO2/c1-4-10-16-12-13-17-11-8-6-5-7-9-15-14(2)3/h14-15H,4-13H2,1-3H3. The molecule has 3 nitrogen and oxygen atoms in total. The molecule has 0 bridgehead atoms. The highest BCUT2D eigenvalue weighted by atomic mass is 16.5. The van der Waals surface area contributed by atoms with Gasteiger partial charge in [0.1, 0.15) is 0 Å². The van der Waals surface area contributed by atoms with Gasteiger partial charge in [-0.3, -0.25) is 0 Å². The second-order valence-corrected chi connectivity index (χ2v) is 4.75. The zero-order valence-corrected chi connectivity index (χ0v) is 12.0. The van der Waals surface area contributed by atoms with Crippen LogP contribution in [0.5, 0.6) is 0 Å². The second kappa shape index (κ2) is 13.9. The van der Waals surface area contributed by atoms with Crippen LogP contribution in [0.3, 0.4) is 0 Å². The van der Waals surface area contributed by atoms with E-state index in [9.17, 15) is 0 Å². The molecule has 0 aliphatic rings. The third kappa shape index (κ3) is 15.9. The average molecular weight is 245 g/mol. The van der Waals surface area contributed by atoms with Crippen LogP contribution in [0.1, 0.15) is 52.9 Å². The molecule has 17 heavy (non-hydrogen) atoms. The highest BCUT2D eigenvalue weighted by molar-refractivity contribution is 4.53. The molecule has 0 spiro atoms. The molecule has 0 unspecified atom stereocenters. The van der Waals surface area contributed by atoms with Gasteiger partial charge in [0.05, 0.1) is 13.2 Å². The second-order valence-electron chi connectivity index (χ2n) is 4.75. The van der Waals surface area contributed by atoms with E-state index < -0.39 is 0 Å². The summed E-state index contributed by atoms with van der Waals surface area (Å²) in [5, 5.41) is 3.43. The van der Waals surface area contributed by atoms with Crippen molar-refractivity contribution in [2.75, 3.05) is 33.0 Å². The Labute approximate surface area is 107 Å². The van der Waals surface area contributed by atoms with Gasteiger partial charge in [-0.15, -0.1) is 0 Å². The molecule has 1 N–H and O–H groups in total. The summed E-state index contributed by atoms with van der Waals surface area (Å²) in [7, 11) is 0. The van der Waals surface area contributed by atoms with Gasteiger partial charge in [0.2, 0.25) is 0 Å². The fourth-order valence-electron chi connectivity index (χ4n) is 1.54. The van der Waals surface area contributed by atoms with E-state index in [1.165, 1.54) is 25.7 Å². The van der Waals surface area contributed by atoms with E-state index in [0.29, 0.717) is 6.04 Å². The molecule has 3 heteroatoms. The third-order valence-electron chi connectivity index (χ3n) is 2.49. The minimum absolute atomic E-state index is 0.612. The van der Waals surface area contributed by atoms with Gasteiger partial charge in [-0.1, -0.05) is 33.6 Å². The first kappa shape index (κ1) is 16.9. The van der Waals surface area contributed by atoms with Crippen molar-refractivity contribution < 1.29 is 9.47 Å². The molecule has 104 valence electrons. The molecule has 0 rings (SSSR count). The molecule has 0 radical (unpaired) electrons. The normalized spacial score (nSPS) is 11.3. The number of nitrogens with one attached hydrogen (secondary N) is 1. The lowest BCUT2D eigenvalue weighted by molar-refractivity contribution is 0.0465. The van der Waals surface area contributed by atoms with Gasteiger partial charge in [-0.25, -0.2) is 0 Å². The van der Waals surface area contributed by atoms with Gasteiger partial charge in [0.15, 0.2) is 0 Å². The van der Waals surface area contributed by atoms with Crippen molar-refractivity contribution in [3.05, 3.63) is 0 Å². The fourth-order valence-corrected chi connectivity index (χ4v) is 1.54. The smallest absolute Gasteiger partial charge is 0.0700 e. The van der Waals surface area contributed by atoms with Crippen LogP contribution in [0.2, 0.25) is 0 Å². The maximum absolute atomic E-state index is 5.48. The topological polar surface area (TPSA) is 30.5 Å². The van der Waals surface area contributed by atoms with Crippen LogP contribution in [-0.2, 0) is 9.47 Å². The van der Waals surface area contributed by atoms with Crippen LogP contribution in [0.15, 0.2) is 0 Å². The first-order chi connectivity index (χ1) is 8.27. The zero-order chi connectivity index (χ0) is 12.8. The van der Waals surface area contributed by atoms with E-state index in [-0.39, 0.29) is 0 Å². The van der Waals surface area contributed by atoms with Crippen LogP contribution in [0.4, 0.5) is 0 Å². The molecular weight excluding hydrogens is 214 g/mol. The van der Waals surface area contributed by atoms with Gasteiger partial charge < -0.3 is 14.8 Å². The Kier molecular flexibility index (Phi) is 13.8. The largest absolute Gasteiger partial charge is 0.379 e. The van der Waals surface area contributed by atoms with Crippen LogP contribution >= 0.6 is 0 Å². The van der Waals surface area contributed by atoms with E-state index in [4.69, 9.17) is 9.47 Å². The first-order valence-electron chi connectivity index (χ1n) is 7.16. The van der Waals surface area contributed by atoms with Gasteiger partial charge in [-0.05, 0) is 25.8 Å². The Hall–Kier alpha value is -0.120. The van der Waals surface area contributed by atoms with Gasteiger partial charge in [0.25, 0.3) is 0 Å². The van der Waals surface area contributed by atoms with E-state index in [2.05, 4.69) is 26.1 Å². The van der Waals surface area contributed by atoms with E-state index in [0.717, 1.165) is 39.4 Å². The predicted octanol–water partition coefficient (Wildman–Crippen LogP) is 2.99. The molecule has 0 atom stereocenters. The molecule has 0 saturated heterocycles. The van der Waals surface area contributed by atoms with Gasteiger partial charge >= 0.3 is 0 Å². The summed E-state index contributed by atoms with van der Waals surface area (Å²) < 4.78 is 10.8. The third-order valence-corrected chi connectivity index (χ3v) is 2.49. The van der Waals surface area contributed by atoms with Crippen molar-refractivity contribution in [1.82, 2.24) is 5.32 Å². The van der Waals surface area contributed by atoms with Gasteiger partial charge in [0, 0.05) is 19.3 Å². The van der Waals surface area contributed by atoms with Crippen molar-refractivity contribution >= 4 is 0 Å². The number of hydrogen-bond donors (Lipinski definition) is 1. The van der Waals surface area contributed by atoms with Crippen molar-refractivity contribution in [3.63, 3.8) is 0 Å². The molecular formula is C14H31NO2. The summed E-state index contributed by atoms with van der Waals surface area (Å²) in [5.41, 5.74) is 0. The SMILES string of the molecule is CCCOCCOCCCCCCNC(C)C. The summed E-state index contributed by atoms with van der Waals surface area (Å²) in [6, 6.07) is 0.612. The lowest BCUT2D eigenvalue weighted by Crippen LogP contribution is -2.23. The van der Waals surface area contributed by atoms with Crippen molar-refractivity contribution in [3.8, 4) is 0 Å². The summed E-state index contributed by atoms with van der Waals surface area (Å²) >= 11 is 0. The number of hydrogen-bond acceptors (Lipinski definition) is 3. The number of ether oxygens (including phenoxy) is 2. The lowest BCUT2D eigenvalue weighted by Gasteiger charge is -2.07. The lowest BCUT2D eigenvalue weighted by atomic mass is 10.2. The summed E-state index contributed by atoms with van der Waals surface area (Å²) in [4.78, 5) is 0. The molecule has 0 saturated carbocycles. The Balaban J connectivity index is 2.89. The maximum Gasteiger partial charge on any atom is 0.0700 e. The molecule has 0 aromatic heterocycles. The van der Waals surface area contributed by atoms with Crippen molar-refractivity contribution in [2.45, 2.75) is 58.9 Å². The fraction of sp³-hybridized carbons (Fsp3) is 1.00. The van der Waals surface area contributed by atoms with Crippen molar-refractivity contribution in [1.29, 1.82) is 0 Å². The predicted molar refractivity (Wildman–Crippen MR) is 73.5 cm³/mol. The van der Waals surface area contributed by atoms with Crippen LogP contribution < -0.4 is 5.32 Å². The molecule has 0 heterocycles. The molecule has 0 amide bonds. The molecule has 0 aromatic rings. The molecule has 0 aromatic carbocycles. The summed E-state index contributed by atoms with van der Waals surface area (Å²) in [6.07, 6.45) is 6.11. The summed E-state index contributed by atoms with van der Waals surface area (Å²) in [5.74, 6) is 0. The van der Waals surface area contributed by atoms with Gasteiger partial charge in [-0.2, -0.15) is 0 Å². The van der Waals surface area contributed by atoms with E-state index in [1.54, 1.807) is 0 Å². The zero-order valence-electron chi connectivity index (χ0n) is 12.0. The quantitative estimate of drug-likeness (QED) is 0.506. The minimum atomic E-state index is 0.612. The highest BCUT2D eigenvalue weighted by Crippen LogP contribution is 1.99. The Morgan fingerprint density at radius 3 is 2.12 bits per heavy atom. The highest BCUT2D eigenvalue weighted by Gasteiger charge is 1.93. The Morgan fingerprint density at radius 2 is 1.47 bits per heavy atom. The summed E-state index contributed by atoms with van der Waals surface area (Å²) in [6.45, 7) is 10.9. The monoisotopic (exact) mass is 245 g/mol. The van der Waals surface area contributed by atoms with Crippen LogP contribution in [-0.4, -0.2) is 39.0 Å². The number of rotatable bonds is 13. The van der Waals surface area contributed by atoms with Crippen LogP contribution in [0.25, 0.3) is 0 Å². The molecule has 0 aliphatic heterocycles. The minimum Gasteiger partial charge on any atom is -0.379 e. The van der Waals surface area contributed by atoms with E-state index >= 15 is 0 Å². The Morgan fingerprint density at radius 1 is 0.824 bits per heavy atom. The maximum atomic E-state index is 5.48. The van der Waals surface area contributed by atoms with E-state index in [1.807, 2.05) is 0 Å². The molecule has 0 aliphatic carbocycles. The van der Waals surface area contributed by atoms with Crippen molar-refractivity contribution in [2.24, 2.45) is 0 Å². The van der Waals surface area contributed by atoms with Crippen LogP contribution in [0, 0.1) is 0 Å². The number of unbranched alkanes of at least 4 members (excludes halogenated alkanes) is 3. The Bertz CT molecular complexity index is 140.